The molecule has 0 aromatic heterocycles. The van der Waals surface area contributed by atoms with Crippen molar-refractivity contribution >= 4 is 29.3 Å². The van der Waals surface area contributed by atoms with Crippen molar-refractivity contribution in [2.75, 3.05) is 26.5 Å². The Morgan fingerprint density at radius 2 is 2.27 bits per heavy atom. The van der Waals surface area contributed by atoms with E-state index in [1.54, 1.807) is 14.2 Å². The molecule has 0 saturated carbocycles. The lowest BCUT2D eigenvalue weighted by atomic mass is 10.1. The Morgan fingerprint density at radius 3 is 2.91 bits per heavy atom. The highest BCUT2D eigenvalue weighted by molar-refractivity contribution is 8.00. The molecule has 122 valence electrons. The van der Waals surface area contributed by atoms with Gasteiger partial charge < -0.3 is 15.4 Å². The molecular formula is C16H24ClN3OS. The van der Waals surface area contributed by atoms with Crippen molar-refractivity contribution in [3.8, 4) is 5.75 Å². The molecule has 0 aliphatic carbocycles. The SMILES string of the molecule is CN=C(NCc1ccc(Cl)cc1OC)NCC1(C)CCCS1. The minimum absolute atomic E-state index is 0.315. The topological polar surface area (TPSA) is 45.7 Å². The Balaban J connectivity index is 1.88. The number of hydrogen-bond acceptors (Lipinski definition) is 3. The van der Waals surface area contributed by atoms with Gasteiger partial charge in [-0.3, -0.25) is 4.99 Å². The monoisotopic (exact) mass is 341 g/mol. The summed E-state index contributed by atoms with van der Waals surface area (Å²) in [5.41, 5.74) is 1.05. The van der Waals surface area contributed by atoms with Crippen LogP contribution in [0, 0.1) is 0 Å². The molecule has 1 saturated heterocycles. The predicted molar refractivity (Wildman–Crippen MR) is 96.3 cm³/mol. The minimum atomic E-state index is 0.315. The number of aliphatic imine (C=N–C) groups is 1. The van der Waals surface area contributed by atoms with Crippen molar-refractivity contribution in [3.63, 3.8) is 0 Å². The molecule has 2 N–H and O–H groups in total. The third kappa shape index (κ3) is 4.71. The van der Waals surface area contributed by atoms with Crippen molar-refractivity contribution < 1.29 is 4.74 Å². The average molecular weight is 342 g/mol. The molecule has 1 heterocycles. The molecule has 22 heavy (non-hydrogen) atoms. The van der Waals surface area contributed by atoms with Crippen LogP contribution in [-0.2, 0) is 6.54 Å². The molecule has 1 aromatic rings. The molecule has 0 amide bonds. The van der Waals surface area contributed by atoms with Crippen LogP contribution in [0.4, 0.5) is 0 Å². The standard InChI is InChI=1S/C16H24ClN3OS/c1-16(7-4-8-22-16)11-20-15(18-2)19-10-12-5-6-13(17)9-14(12)21-3/h5-6,9H,4,7-8,10-11H2,1-3H3,(H2,18,19,20). The van der Waals surface area contributed by atoms with E-state index in [1.807, 2.05) is 30.0 Å². The summed E-state index contributed by atoms with van der Waals surface area (Å²) in [4.78, 5) is 4.29. The van der Waals surface area contributed by atoms with Crippen molar-refractivity contribution in [2.45, 2.75) is 31.1 Å². The number of nitrogens with one attached hydrogen (secondary N) is 2. The predicted octanol–water partition coefficient (Wildman–Crippen LogP) is 3.30. The highest BCUT2D eigenvalue weighted by Gasteiger charge is 2.29. The molecule has 1 aliphatic heterocycles. The van der Waals surface area contributed by atoms with Crippen LogP contribution in [0.5, 0.6) is 5.75 Å². The van der Waals surface area contributed by atoms with E-state index >= 15 is 0 Å². The van der Waals surface area contributed by atoms with Gasteiger partial charge in [-0.2, -0.15) is 11.8 Å². The fraction of sp³-hybridized carbons (Fsp3) is 0.562. The van der Waals surface area contributed by atoms with Crippen molar-refractivity contribution in [2.24, 2.45) is 4.99 Å². The maximum absolute atomic E-state index is 5.98. The second-order valence-corrected chi connectivity index (χ2v) is 7.76. The van der Waals surface area contributed by atoms with Gasteiger partial charge >= 0.3 is 0 Å². The number of nitrogens with zero attached hydrogens (tertiary/aromatic N) is 1. The summed E-state index contributed by atoms with van der Waals surface area (Å²) in [6, 6.07) is 5.66. The summed E-state index contributed by atoms with van der Waals surface area (Å²) in [6.07, 6.45) is 2.56. The Labute approximate surface area is 142 Å². The van der Waals surface area contributed by atoms with Crippen molar-refractivity contribution in [3.05, 3.63) is 28.8 Å². The molecule has 6 heteroatoms. The van der Waals surface area contributed by atoms with Crippen LogP contribution in [0.3, 0.4) is 0 Å². The zero-order valence-corrected chi connectivity index (χ0v) is 15.0. The zero-order valence-electron chi connectivity index (χ0n) is 13.4. The van der Waals surface area contributed by atoms with E-state index in [2.05, 4.69) is 22.5 Å². The summed E-state index contributed by atoms with van der Waals surface area (Å²) in [6.45, 7) is 3.88. The summed E-state index contributed by atoms with van der Waals surface area (Å²) >= 11 is 8.02. The summed E-state index contributed by atoms with van der Waals surface area (Å²) in [5.74, 6) is 2.85. The maximum Gasteiger partial charge on any atom is 0.191 e. The summed E-state index contributed by atoms with van der Waals surface area (Å²) in [7, 11) is 3.44. The largest absolute Gasteiger partial charge is 0.496 e. The number of rotatable bonds is 5. The Bertz CT molecular complexity index is 530. The van der Waals surface area contributed by atoms with Gasteiger partial charge in [-0.05, 0) is 37.7 Å². The van der Waals surface area contributed by atoms with Crippen LogP contribution < -0.4 is 15.4 Å². The molecule has 1 aliphatic rings. The number of methoxy groups -OCH3 is 1. The average Bonchev–Trinajstić information content (AvgIpc) is 2.95. The van der Waals surface area contributed by atoms with Gasteiger partial charge in [-0.25, -0.2) is 0 Å². The molecule has 4 nitrogen and oxygen atoms in total. The van der Waals surface area contributed by atoms with E-state index < -0.39 is 0 Å². The molecule has 1 unspecified atom stereocenters. The first-order valence-electron chi connectivity index (χ1n) is 7.47. The van der Waals surface area contributed by atoms with E-state index in [-0.39, 0.29) is 0 Å². The Morgan fingerprint density at radius 1 is 1.45 bits per heavy atom. The molecule has 0 radical (unpaired) electrons. The van der Waals surface area contributed by atoms with Crippen molar-refractivity contribution in [1.82, 2.24) is 10.6 Å². The van der Waals surface area contributed by atoms with E-state index in [4.69, 9.17) is 16.3 Å². The first-order chi connectivity index (χ1) is 10.6. The summed E-state index contributed by atoms with van der Waals surface area (Å²) in [5, 5.41) is 7.43. The lowest BCUT2D eigenvalue weighted by Crippen LogP contribution is -2.43. The molecule has 1 fully saturated rings. The number of thioether (sulfide) groups is 1. The van der Waals surface area contributed by atoms with Crippen LogP contribution in [0.2, 0.25) is 5.02 Å². The highest BCUT2D eigenvalue weighted by atomic mass is 35.5. The van der Waals surface area contributed by atoms with E-state index in [9.17, 15) is 0 Å². The van der Waals surface area contributed by atoms with Crippen LogP contribution in [-0.4, -0.2) is 37.2 Å². The minimum Gasteiger partial charge on any atom is -0.496 e. The summed E-state index contributed by atoms with van der Waals surface area (Å²) < 4.78 is 5.68. The lowest BCUT2D eigenvalue weighted by molar-refractivity contribution is 0.409. The van der Waals surface area contributed by atoms with E-state index in [1.165, 1.54) is 18.6 Å². The van der Waals surface area contributed by atoms with Gasteiger partial charge in [-0.1, -0.05) is 17.7 Å². The third-order valence-corrected chi connectivity index (χ3v) is 5.62. The maximum atomic E-state index is 5.98. The number of ether oxygens (including phenoxy) is 1. The fourth-order valence-electron chi connectivity index (χ4n) is 2.51. The third-order valence-electron chi connectivity index (χ3n) is 3.85. The Kier molecular flexibility index (Phi) is 6.26. The molecule has 0 bridgehead atoms. The van der Waals surface area contributed by atoms with Crippen LogP contribution in [0.25, 0.3) is 0 Å². The molecular weight excluding hydrogens is 318 g/mol. The van der Waals surface area contributed by atoms with E-state index in [0.29, 0.717) is 16.3 Å². The number of benzene rings is 1. The van der Waals surface area contributed by atoms with Gasteiger partial charge in [0.1, 0.15) is 5.75 Å². The Hall–Kier alpha value is -1.07. The second-order valence-electron chi connectivity index (χ2n) is 5.64. The van der Waals surface area contributed by atoms with E-state index in [0.717, 1.165) is 23.8 Å². The van der Waals surface area contributed by atoms with Gasteiger partial charge in [0, 0.05) is 35.5 Å². The second kappa shape index (κ2) is 7.97. The zero-order chi connectivity index (χ0) is 16.0. The van der Waals surface area contributed by atoms with Gasteiger partial charge in [0.15, 0.2) is 5.96 Å². The molecule has 0 spiro atoms. The molecule has 1 atom stereocenters. The molecule has 2 rings (SSSR count). The first kappa shape index (κ1) is 17.3. The lowest BCUT2D eigenvalue weighted by Gasteiger charge is -2.24. The first-order valence-corrected chi connectivity index (χ1v) is 8.83. The fourth-order valence-corrected chi connectivity index (χ4v) is 3.92. The number of hydrogen-bond donors (Lipinski definition) is 2. The van der Waals surface area contributed by atoms with Crippen LogP contribution >= 0.6 is 23.4 Å². The van der Waals surface area contributed by atoms with Crippen LogP contribution in [0.1, 0.15) is 25.3 Å². The molecule has 1 aromatic carbocycles. The normalized spacial score (nSPS) is 21.7. The van der Waals surface area contributed by atoms with Gasteiger partial charge in [0.25, 0.3) is 0 Å². The smallest absolute Gasteiger partial charge is 0.191 e. The highest BCUT2D eigenvalue weighted by Crippen LogP contribution is 2.36. The van der Waals surface area contributed by atoms with Gasteiger partial charge in [0.2, 0.25) is 0 Å². The van der Waals surface area contributed by atoms with Crippen LogP contribution in [0.15, 0.2) is 23.2 Å². The number of halogens is 1. The van der Waals surface area contributed by atoms with Gasteiger partial charge in [0.05, 0.1) is 7.11 Å². The van der Waals surface area contributed by atoms with Crippen molar-refractivity contribution in [1.29, 1.82) is 0 Å². The number of guanidine groups is 1. The van der Waals surface area contributed by atoms with Gasteiger partial charge in [-0.15, -0.1) is 0 Å². The quantitative estimate of drug-likeness (QED) is 0.637.